The average Bonchev–Trinajstić information content (AvgIpc) is 2.93. The van der Waals surface area contributed by atoms with Crippen molar-refractivity contribution in [2.45, 2.75) is 0 Å². The van der Waals surface area contributed by atoms with Crippen LogP contribution in [0.4, 0.5) is 0 Å². The molecule has 2 aromatic carbocycles. The van der Waals surface area contributed by atoms with Crippen LogP contribution >= 0.6 is 11.6 Å². The Balaban J connectivity index is 2.13. The molecule has 0 unspecified atom stereocenters. The zero-order valence-corrected chi connectivity index (χ0v) is 11.4. The molecule has 20 heavy (non-hydrogen) atoms. The van der Waals surface area contributed by atoms with Gasteiger partial charge in [-0.3, -0.25) is 4.79 Å². The van der Waals surface area contributed by atoms with Gasteiger partial charge in [-0.2, -0.15) is 0 Å². The van der Waals surface area contributed by atoms with Crippen molar-refractivity contribution in [3.05, 3.63) is 77.6 Å². The number of benzene rings is 2. The Morgan fingerprint density at radius 3 is 2.25 bits per heavy atom. The van der Waals surface area contributed by atoms with Crippen LogP contribution in [-0.4, -0.2) is 10.9 Å². The summed E-state index contributed by atoms with van der Waals surface area (Å²) in [6, 6.07) is 19.2. The lowest BCUT2D eigenvalue weighted by Crippen LogP contribution is -1.98. The van der Waals surface area contributed by atoms with Crippen LogP contribution in [0.2, 0.25) is 5.02 Å². The predicted molar refractivity (Wildman–Crippen MR) is 81.6 cm³/mol. The Morgan fingerprint density at radius 1 is 0.900 bits per heavy atom. The topological polar surface area (TPSA) is 22.0 Å². The van der Waals surface area contributed by atoms with Crippen LogP contribution in [0, 0.1) is 0 Å². The van der Waals surface area contributed by atoms with E-state index in [1.807, 2.05) is 71.4 Å². The van der Waals surface area contributed by atoms with Crippen molar-refractivity contribution in [1.29, 1.82) is 0 Å². The van der Waals surface area contributed by atoms with Crippen LogP contribution in [0.5, 0.6) is 0 Å². The molecule has 2 nitrogen and oxygen atoms in total. The third-order valence-electron chi connectivity index (χ3n) is 3.23. The maximum Gasteiger partial charge on any atom is 0.167 e. The van der Waals surface area contributed by atoms with E-state index < -0.39 is 0 Å². The van der Waals surface area contributed by atoms with Gasteiger partial charge >= 0.3 is 0 Å². The average molecular weight is 282 g/mol. The minimum atomic E-state index is 0.638. The van der Waals surface area contributed by atoms with E-state index in [1.165, 1.54) is 0 Å². The zero-order chi connectivity index (χ0) is 13.9. The Bertz CT molecular complexity index is 729. The van der Waals surface area contributed by atoms with Crippen molar-refractivity contribution >= 4 is 17.9 Å². The lowest BCUT2D eigenvalue weighted by atomic mass is 10.1. The standard InChI is InChI=1S/C17H12ClNO/c18-14-6-8-15(9-7-14)19-11-10-16(17(19)12-20)13-4-2-1-3-5-13/h1-12H. The molecule has 1 heterocycles. The van der Waals surface area contributed by atoms with Crippen molar-refractivity contribution in [1.82, 2.24) is 4.57 Å². The van der Waals surface area contributed by atoms with E-state index in [4.69, 9.17) is 11.6 Å². The molecule has 0 radical (unpaired) electrons. The van der Waals surface area contributed by atoms with Crippen LogP contribution in [0.3, 0.4) is 0 Å². The van der Waals surface area contributed by atoms with Gasteiger partial charge in [0.1, 0.15) is 0 Å². The van der Waals surface area contributed by atoms with E-state index in [0.717, 1.165) is 23.1 Å². The first kappa shape index (κ1) is 12.7. The highest BCUT2D eigenvalue weighted by Gasteiger charge is 2.11. The van der Waals surface area contributed by atoms with E-state index in [1.54, 1.807) is 0 Å². The first-order chi connectivity index (χ1) is 9.79. The fourth-order valence-corrected chi connectivity index (χ4v) is 2.38. The molecule has 0 aliphatic rings. The van der Waals surface area contributed by atoms with Crippen LogP contribution in [-0.2, 0) is 0 Å². The SMILES string of the molecule is O=Cc1c(-c2ccccc2)ccn1-c1ccc(Cl)cc1. The molecular weight excluding hydrogens is 270 g/mol. The van der Waals surface area contributed by atoms with Gasteiger partial charge in [0.2, 0.25) is 0 Å². The number of halogens is 1. The van der Waals surface area contributed by atoms with Gasteiger partial charge in [-0.25, -0.2) is 0 Å². The van der Waals surface area contributed by atoms with Crippen LogP contribution in [0.15, 0.2) is 66.9 Å². The Kier molecular flexibility index (Phi) is 3.40. The zero-order valence-electron chi connectivity index (χ0n) is 10.7. The Labute approximate surface area is 122 Å². The van der Waals surface area contributed by atoms with Gasteiger partial charge in [-0.15, -0.1) is 0 Å². The van der Waals surface area contributed by atoms with Crippen molar-refractivity contribution in [3.8, 4) is 16.8 Å². The number of aromatic nitrogens is 1. The molecule has 3 heteroatoms. The summed E-state index contributed by atoms with van der Waals surface area (Å²) < 4.78 is 1.87. The molecule has 98 valence electrons. The number of hydrogen-bond acceptors (Lipinski definition) is 1. The first-order valence-corrected chi connectivity index (χ1v) is 6.65. The smallest absolute Gasteiger partial charge is 0.167 e. The largest absolute Gasteiger partial charge is 0.314 e. The summed E-state index contributed by atoms with van der Waals surface area (Å²) in [5, 5.41) is 0.678. The van der Waals surface area contributed by atoms with Crippen molar-refractivity contribution < 1.29 is 4.79 Å². The molecule has 0 spiro atoms. The van der Waals surface area contributed by atoms with Gasteiger partial charge in [0.15, 0.2) is 6.29 Å². The van der Waals surface area contributed by atoms with Gasteiger partial charge in [-0.1, -0.05) is 41.9 Å². The molecule has 0 N–H and O–H groups in total. The Morgan fingerprint density at radius 2 is 1.60 bits per heavy atom. The molecule has 3 aromatic rings. The third kappa shape index (κ3) is 2.26. The van der Waals surface area contributed by atoms with Gasteiger partial charge in [0.05, 0.1) is 5.69 Å². The molecule has 1 aromatic heterocycles. The molecule has 0 saturated heterocycles. The molecule has 0 aliphatic carbocycles. The summed E-state index contributed by atoms with van der Waals surface area (Å²) in [5.41, 5.74) is 3.51. The summed E-state index contributed by atoms with van der Waals surface area (Å²) in [7, 11) is 0. The number of carbonyl (C=O) groups is 1. The lowest BCUT2D eigenvalue weighted by molar-refractivity contribution is 0.111. The highest BCUT2D eigenvalue weighted by Crippen LogP contribution is 2.26. The van der Waals surface area contributed by atoms with Gasteiger partial charge in [0.25, 0.3) is 0 Å². The maximum atomic E-state index is 11.5. The molecule has 0 aliphatic heterocycles. The highest BCUT2D eigenvalue weighted by atomic mass is 35.5. The summed E-state index contributed by atoms with van der Waals surface area (Å²) in [6.07, 6.45) is 2.78. The van der Waals surface area contributed by atoms with Crippen molar-refractivity contribution in [3.63, 3.8) is 0 Å². The molecule has 0 amide bonds. The van der Waals surface area contributed by atoms with Crippen molar-refractivity contribution in [2.24, 2.45) is 0 Å². The lowest BCUT2D eigenvalue weighted by Gasteiger charge is -2.07. The van der Waals surface area contributed by atoms with E-state index in [0.29, 0.717) is 10.7 Å². The predicted octanol–water partition coefficient (Wildman–Crippen LogP) is 4.61. The van der Waals surface area contributed by atoms with Crippen LogP contribution in [0.25, 0.3) is 16.8 Å². The van der Waals surface area contributed by atoms with E-state index >= 15 is 0 Å². The normalized spacial score (nSPS) is 10.4. The number of nitrogens with zero attached hydrogens (tertiary/aromatic N) is 1. The summed E-state index contributed by atoms with van der Waals surface area (Å²) in [5.74, 6) is 0. The second-order valence-electron chi connectivity index (χ2n) is 4.44. The van der Waals surface area contributed by atoms with E-state index in [9.17, 15) is 4.79 Å². The number of rotatable bonds is 3. The van der Waals surface area contributed by atoms with Crippen LogP contribution in [0.1, 0.15) is 10.5 Å². The molecule has 0 saturated carbocycles. The molecule has 0 atom stereocenters. The van der Waals surface area contributed by atoms with Gasteiger partial charge in [-0.05, 0) is 35.9 Å². The molecule has 0 bridgehead atoms. The summed E-state index contributed by atoms with van der Waals surface area (Å²) >= 11 is 5.90. The number of hydrogen-bond donors (Lipinski definition) is 0. The van der Waals surface area contributed by atoms with E-state index in [2.05, 4.69) is 0 Å². The molecule has 0 fully saturated rings. The fraction of sp³-hybridized carbons (Fsp3) is 0. The van der Waals surface area contributed by atoms with Crippen LogP contribution < -0.4 is 0 Å². The van der Waals surface area contributed by atoms with Crippen molar-refractivity contribution in [2.75, 3.05) is 0 Å². The maximum absolute atomic E-state index is 11.5. The first-order valence-electron chi connectivity index (χ1n) is 6.27. The minimum Gasteiger partial charge on any atom is -0.314 e. The second kappa shape index (κ2) is 5.35. The fourth-order valence-electron chi connectivity index (χ4n) is 2.25. The number of carbonyl (C=O) groups excluding carboxylic acids is 1. The Hall–Kier alpha value is -2.32. The number of aldehydes is 1. The quantitative estimate of drug-likeness (QED) is 0.643. The summed E-state index contributed by atoms with van der Waals surface area (Å²) in [4.78, 5) is 11.5. The minimum absolute atomic E-state index is 0.638. The molecular formula is C17H12ClNO. The van der Waals surface area contributed by atoms with Gasteiger partial charge in [0, 0.05) is 22.5 Å². The third-order valence-corrected chi connectivity index (χ3v) is 3.48. The molecule has 3 rings (SSSR count). The highest BCUT2D eigenvalue weighted by molar-refractivity contribution is 6.30. The summed E-state index contributed by atoms with van der Waals surface area (Å²) in [6.45, 7) is 0. The van der Waals surface area contributed by atoms with E-state index in [-0.39, 0.29) is 0 Å². The second-order valence-corrected chi connectivity index (χ2v) is 4.88. The van der Waals surface area contributed by atoms with Gasteiger partial charge < -0.3 is 4.57 Å². The monoisotopic (exact) mass is 281 g/mol.